The van der Waals surface area contributed by atoms with Gasteiger partial charge in [0.15, 0.2) is 17.5 Å². The fraction of sp³-hybridized carbons (Fsp3) is 0. The lowest BCUT2D eigenvalue weighted by molar-refractivity contribution is 0.669. The van der Waals surface area contributed by atoms with E-state index in [1.807, 2.05) is 60.7 Å². The Bertz CT molecular complexity index is 3200. The molecule has 11 aromatic rings. The predicted octanol–water partition coefficient (Wildman–Crippen LogP) is 14.1. The number of hydrogen-bond donors (Lipinski definition) is 0. The van der Waals surface area contributed by atoms with Crippen LogP contribution < -0.4 is 0 Å². The summed E-state index contributed by atoms with van der Waals surface area (Å²) in [5.41, 5.74) is 11.3. The van der Waals surface area contributed by atoms with Crippen LogP contribution in [0.25, 0.3) is 111 Å². The van der Waals surface area contributed by atoms with E-state index in [-0.39, 0.29) is 0 Å². The van der Waals surface area contributed by atoms with Gasteiger partial charge in [-0.25, -0.2) is 15.0 Å². The first-order chi connectivity index (χ1) is 28.2. The van der Waals surface area contributed by atoms with Gasteiger partial charge in [0.2, 0.25) is 0 Å². The van der Waals surface area contributed by atoms with Crippen LogP contribution in [0.4, 0.5) is 0 Å². The van der Waals surface area contributed by atoms with Crippen molar-refractivity contribution in [3.8, 4) is 67.5 Å². The van der Waals surface area contributed by atoms with Crippen molar-refractivity contribution in [1.82, 2.24) is 15.0 Å². The van der Waals surface area contributed by atoms with Gasteiger partial charge in [0.1, 0.15) is 11.2 Å². The van der Waals surface area contributed by atoms with Gasteiger partial charge in [0.05, 0.1) is 0 Å². The Morgan fingerprint density at radius 1 is 0.281 bits per heavy atom. The summed E-state index contributed by atoms with van der Waals surface area (Å²) in [5, 5.41) is 7.05. The van der Waals surface area contributed by atoms with E-state index in [2.05, 4.69) is 140 Å². The summed E-state index contributed by atoms with van der Waals surface area (Å²) >= 11 is 0. The van der Waals surface area contributed by atoms with Crippen LogP contribution in [0.1, 0.15) is 0 Å². The summed E-state index contributed by atoms with van der Waals surface area (Å²) in [6.07, 6.45) is 0. The van der Waals surface area contributed by atoms with E-state index < -0.39 is 0 Å². The minimum Gasteiger partial charge on any atom is -0.456 e. The molecule has 0 saturated carbocycles. The third kappa shape index (κ3) is 6.01. The first-order valence-electron chi connectivity index (χ1n) is 19.2. The van der Waals surface area contributed by atoms with Crippen molar-refractivity contribution >= 4 is 43.5 Å². The van der Waals surface area contributed by atoms with Crippen molar-refractivity contribution < 1.29 is 4.42 Å². The number of rotatable bonds is 6. The van der Waals surface area contributed by atoms with Crippen molar-refractivity contribution in [2.24, 2.45) is 0 Å². The van der Waals surface area contributed by atoms with Crippen molar-refractivity contribution in [2.75, 3.05) is 0 Å². The molecule has 11 rings (SSSR count). The standard InChI is InChI=1S/C53H33N3O/c1-3-12-38(13-4-1)51-54-52(39-14-5-2-6-15-39)56-53(55-51)40-26-21-36(22-27-40)45-31-46(50-47-30-42-17-9-10-18-43(42)32-48(47)57-49(50)33-45)37-24-19-35(20-25-37)44-28-23-34-11-7-8-16-41(34)29-44/h1-33H. The maximum atomic E-state index is 6.70. The predicted molar refractivity (Wildman–Crippen MR) is 235 cm³/mol. The smallest absolute Gasteiger partial charge is 0.164 e. The Morgan fingerprint density at radius 2 is 0.737 bits per heavy atom. The van der Waals surface area contributed by atoms with E-state index in [1.165, 1.54) is 27.3 Å². The molecule has 266 valence electrons. The largest absolute Gasteiger partial charge is 0.456 e. The topological polar surface area (TPSA) is 51.8 Å². The monoisotopic (exact) mass is 727 g/mol. The van der Waals surface area contributed by atoms with Crippen LogP contribution >= 0.6 is 0 Å². The lowest BCUT2D eigenvalue weighted by Gasteiger charge is -2.11. The zero-order chi connectivity index (χ0) is 37.7. The van der Waals surface area contributed by atoms with Gasteiger partial charge in [-0.3, -0.25) is 0 Å². The molecule has 4 heteroatoms. The van der Waals surface area contributed by atoms with E-state index in [0.717, 1.165) is 66.3 Å². The lowest BCUT2D eigenvalue weighted by atomic mass is 9.92. The Hall–Kier alpha value is -7.69. The molecular formula is C53H33N3O. The summed E-state index contributed by atoms with van der Waals surface area (Å²) in [5.74, 6) is 1.91. The van der Waals surface area contributed by atoms with Crippen LogP contribution in [-0.2, 0) is 0 Å². The van der Waals surface area contributed by atoms with Gasteiger partial charge in [-0.05, 0) is 85.3 Å². The summed E-state index contributed by atoms with van der Waals surface area (Å²) < 4.78 is 6.70. The number of fused-ring (bicyclic) bond motifs is 5. The second kappa shape index (κ2) is 13.6. The van der Waals surface area contributed by atoms with E-state index in [4.69, 9.17) is 19.4 Å². The molecule has 57 heavy (non-hydrogen) atoms. The molecule has 0 atom stereocenters. The van der Waals surface area contributed by atoms with Gasteiger partial charge in [-0.2, -0.15) is 0 Å². The van der Waals surface area contributed by atoms with Gasteiger partial charge in [0.25, 0.3) is 0 Å². The number of benzene rings is 9. The normalized spacial score (nSPS) is 11.5. The van der Waals surface area contributed by atoms with E-state index in [9.17, 15) is 0 Å². The quantitative estimate of drug-likeness (QED) is 0.171. The molecule has 0 bridgehead atoms. The van der Waals surface area contributed by atoms with Crippen molar-refractivity contribution in [1.29, 1.82) is 0 Å². The Balaban J connectivity index is 1.03. The summed E-state index contributed by atoms with van der Waals surface area (Å²) in [6.45, 7) is 0. The fourth-order valence-corrected chi connectivity index (χ4v) is 7.95. The minimum atomic E-state index is 0.626. The Morgan fingerprint density at radius 3 is 1.35 bits per heavy atom. The van der Waals surface area contributed by atoms with Crippen LogP contribution in [0.2, 0.25) is 0 Å². The highest BCUT2D eigenvalue weighted by Gasteiger charge is 2.18. The molecule has 4 nitrogen and oxygen atoms in total. The van der Waals surface area contributed by atoms with Gasteiger partial charge in [0, 0.05) is 27.5 Å². The molecule has 0 unspecified atom stereocenters. The highest BCUT2D eigenvalue weighted by molar-refractivity contribution is 6.16. The summed E-state index contributed by atoms with van der Waals surface area (Å²) in [4.78, 5) is 14.8. The second-order valence-electron chi connectivity index (χ2n) is 14.4. The maximum absolute atomic E-state index is 6.70. The molecule has 0 spiro atoms. The third-order valence-electron chi connectivity index (χ3n) is 10.9. The third-order valence-corrected chi connectivity index (χ3v) is 10.9. The van der Waals surface area contributed by atoms with Gasteiger partial charge >= 0.3 is 0 Å². The fourth-order valence-electron chi connectivity index (χ4n) is 7.95. The lowest BCUT2D eigenvalue weighted by Crippen LogP contribution is -2.00. The zero-order valence-corrected chi connectivity index (χ0v) is 30.8. The highest BCUT2D eigenvalue weighted by Crippen LogP contribution is 2.42. The maximum Gasteiger partial charge on any atom is 0.164 e. The molecule has 0 amide bonds. The SMILES string of the molecule is c1ccc(-c2nc(-c3ccccc3)nc(-c3ccc(-c4cc(-c5ccc(-c6ccc7ccccc7c6)cc5)c5c(c4)oc4cc6ccccc6cc45)cc3)n2)cc1. The number of furan rings is 1. The van der Waals surface area contributed by atoms with Gasteiger partial charge in [-0.1, -0.05) is 170 Å². The average molecular weight is 728 g/mol. The van der Waals surface area contributed by atoms with Crippen LogP contribution in [-0.4, -0.2) is 15.0 Å². The first-order valence-corrected chi connectivity index (χ1v) is 19.2. The number of aromatic nitrogens is 3. The molecular weight excluding hydrogens is 695 g/mol. The molecule has 0 radical (unpaired) electrons. The first kappa shape index (κ1) is 32.7. The zero-order valence-electron chi connectivity index (χ0n) is 30.8. The molecule has 0 aliphatic carbocycles. The second-order valence-corrected chi connectivity index (χ2v) is 14.4. The van der Waals surface area contributed by atoms with Crippen LogP contribution in [0.15, 0.2) is 205 Å². The van der Waals surface area contributed by atoms with Gasteiger partial charge < -0.3 is 4.42 Å². The van der Waals surface area contributed by atoms with Crippen molar-refractivity contribution in [3.63, 3.8) is 0 Å². The van der Waals surface area contributed by atoms with Gasteiger partial charge in [-0.15, -0.1) is 0 Å². The van der Waals surface area contributed by atoms with E-state index >= 15 is 0 Å². The number of nitrogens with zero attached hydrogens (tertiary/aromatic N) is 3. The molecule has 0 saturated heterocycles. The Kier molecular flexibility index (Phi) is 7.78. The summed E-state index contributed by atoms with van der Waals surface area (Å²) in [6, 6.07) is 70.1. The molecule has 0 fully saturated rings. The van der Waals surface area contributed by atoms with Crippen molar-refractivity contribution in [2.45, 2.75) is 0 Å². The van der Waals surface area contributed by atoms with Crippen LogP contribution in [0.3, 0.4) is 0 Å². The summed E-state index contributed by atoms with van der Waals surface area (Å²) in [7, 11) is 0. The molecule has 0 N–H and O–H groups in total. The highest BCUT2D eigenvalue weighted by atomic mass is 16.3. The molecule has 2 heterocycles. The van der Waals surface area contributed by atoms with E-state index in [1.54, 1.807) is 0 Å². The van der Waals surface area contributed by atoms with E-state index in [0.29, 0.717) is 17.5 Å². The molecule has 0 aliphatic heterocycles. The van der Waals surface area contributed by atoms with Crippen LogP contribution in [0, 0.1) is 0 Å². The van der Waals surface area contributed by atoms with Crippen molar-refractivity contribution in [3.05, 3.63) is 200 Å². The number of hydrogen-bond acceptors (Lipinski definition) is 4. The minimum absolute atomic E-state index is 0.626. The molecule has 9 aromatic carbocycles. The molecule has 2 aromatic heterocycles. The Labute approximate surface area is 329 Å². The van der Waals surface area contributed by atoms with Crippen LogP contribution in [0.5, 0.6) is 0 Å². The average Bonchev–Trinajstić information content (AvgIpc) is 3.65. The molecule has 0 aliphatic rings.